The molecule has 1 atom stereocenters. The van der Waals surface area contributed by atoms with Gasteiger partial charge in [-0.15, -0.1) is 24.0 Å². The largest absolute Gasteiger partial charge is 0.356 e. The van der Waals surface area contributed by atoms with Crippen LogP contribution in [0.4, 0.5) is 0 Å². The van der Waals surface area contributed by atoms with Crippen LogP contribution in [0.25, 0.3) is 0 Å². The summed E-state index contributed by atoms with van der Waals surface area (Å²) >= 11 is 0. The monoisotopic (exact) mass is 472 g/mol. The van der Waals surface area contributed by atoms with E-state index in [9.17, 15) is 0 Å². The van der Waals surface area contributed by atoms with Crippen molar-refractivity contribution < 1.29 is 0 Å². The molecule has 0 aliphatic carbocycles. The van der Waals surface area contributed by atoms with E-state index in [2.05, 4.69) is 72.5 Å². The molecule has 1 unspecified atom stereocenters. The molecular formula is C21H37IN4. The highest BCUT2D eigenvalue weighted by Gasteiger charge is 2.19. The SMILES string of the molecule is CN=C(NCC1CCN(Cc2ccc(C)cc2)CC1)NC(C)C(C)C.I. The fourth-order valence-electron chi connectivity index (χ4n) is 3.12. The molecule has 0 bridgehead atoms. The van der Waals surface area contributed by atoms with Crippen molar-refractivity contribution in [2.45, 2.75) is 53.1 Å². The maximum atomic E-state index is 4.36. The Balaban J connectivity index is 0.00000338. The second-order valence-corrected chi connectivity index (χ2v) is 7.84. The molecule has 5 heteroatoms. The molecule has 1 aromatic rings. The summed E-state index contributed by atoms with van der Waals surface area (Å²) in [5.74, 6) is 2.27. The normalized spacial score (nSPS) is 17.7. The molecule has 2 N–H and O–H groups in total. The van der Waals surface area contributed by atoms with Gasteiger partial charge in [-0.3, -0.25) is 9.89 Å². The van der Waals surface area contributed by atoms with Gasteiger partial charge in [0, 0.05) is 26.2 Å². The molecule has 1 aliphatic rings. The first-order valence-electron chi connectivity index (χ1n) is 9.73. The molecular weight excluding hydrogens is 435 g/mol. The van der Waals surface area contributed by atoms with Gasteiger partial charge >= 0.3 is 0 Å². The van der Waals surface area contributed by atoms with Crippen LogP contribution in [0.3, 0.4) is 0 Å². The number of hydrogen-bond donors (Lipinski definition) is 2. The van der Waals surface area contributed by atoms with Crippen LogP contribution in [0.15, 0.2) is 29.3 Å². The summed E-state index contributed by atoms with van der Waals surface area (Å²) in [6.07, 6.45) is 2.52. The first-order valence-corrected chi connectivity index (χ1v) is 9.73. The molecule has 1 fully saturated rings. The van der Waals surface area contributed by atoms with Gasteiger partial charge in [0.2, 0.25) is 0 Å². The summed E-state index contributed by atoms with van der Waals surface area (Å²) in [5, 5.41) is 7.00. The minimum Gasteiger partial charge on any atom is -0.356 e. The fourth-order valence-corrected chi connectivity index (χ4v) is 3.12. The van der Waals surface area contributed by atoms with Crippen LogP contribution in [-0.2, 0) is 6.54 Å². The lowest BCUT2D eigenvalue weighted by Crippen LogP contribution is -2.46. The quantitative estimate of drug-likeness (QED) is 0.373. The molecule has 0 amide bonds. The van der Waals surface area contributed by atoms with E-state index in [4.69, 9.17) is 0 Å². The van der Waals surface area contributed by atoms with Crippen LogP contribution in [-0.4, -0.2) is 43.6 Å². The zero-order chi connectivity index (χ0) is 18.2. The van der Waals surface area contributed by atoms with E-state index in [0.29, 0.717) is 12.0 Å². The maximum absolute atomic E-state index is 4.36. The number of benzene rings is 1. The predicted molar refractivity (Wildman–Crippen MR) is 123 cm³/mol. The average Bonchev–Trinajstić information content (AvgIpc) is 2.61. The van der Waals surface area contributed by atoms with E-state index in [1.807, 2.05) is 7.05 Å². The summed E-state index contributed by atoms with van der Waals surface area (Å²) in [4.78, 5) is 6.94. The number of rotatable bonds is 6. The molecule has 148 valence electrons. The van der Waals surface area contributed by atoms with Gasteiger partial charge in [-0.25, -0.2) is 0 Å². The Morgan fingerprint density at radius 2 is 1.77 bits per heavy atom. The Bertz CT molecular complexity index is 533. The van der Waals surface area contributed by atoms with Gasteiger partial charge in [0.15, 0.2) is 5.96 Å². The number of nitrogens with one attached hydrogen (secondary N) is 2. The maximum Gasteiger partial charge on any atom is 0.191 e. The van der Waals surface area contributed by atoms with Gasteiger partial charge in [0.25, 0.3) is 0 Å². The van der Waals surface area contributed by atoms with Crippen LogP contribution >= 0.6 is 24.0 Å². The van der Waals surface area contributed by atoms with Crippen molar-refractivity contribution in [2.75, 3.05) is 26.7 Å². The number of likely N-dealkylation sites (tertiary alicyclic amines) is 1. The standard InChI is InChI=1S/C21H36N4.HI/c1-16(2)18(4)24-21(22-5)23-14-19-10-12-25(13-11-19)15-20-8-6-17(3)7-9-20;/h6-9,16,18-19H,10-15H2,1-5H3,(H2,22,23,24);1H. The number of halogens is 1. The van der Waals surface area contributed by atoms with Crippen molar-refractivity contribution in [3.05, 3.63) is 35.4 Å². The first kappa shape index (κ1) is 23.2. The third-order valence-corrected chi connectivity index (χ3v) is 5.38. The van der Waals surface area contributed by atoms with Gasteiger partial charge in [-0.05, 0) is 57.2 Å². The van der Waals surface area contributed by atoms with E-state index in [1.165, 1.54) is 37.1 Å². The molecule has 1 aromatic carbocycles. The van der Waals surface area contributed by atoms with Crippen LogP contribution < -0.4 is 10.6 Å². The highest BCUT2D eigenvalue weighted by Crippen LogP contribution is 2.18. The number of aryl methyl sites for hydroxylation is 1. The number of piperidine rings is 1. The molecule has 1 heterocycles. The van der Waals surface area contributed by atoms with Crippen molar-refractivity contribution in [1.29, 1.82) is 0 Å². The Kier molecular flexibility index (Phi) is 10.5. The third kappa shape index (κ3) is 7.82. The third-order valence-electron chi connectivity index (χ3n) is 5.38. The Morgan fingerprint density at radius 1 is 1.15 bits per heavy atom. The Hall–Kier alpha value is -0.820. The highest BCUT2D eigenvalue weighted by molar-refractivity contribution is 14.0. The molecule has 0 saturated carbocycles. The van der Waals surface area contributed by atoms with Crippen molar-refractivity contribution in [3.63, 3.8) is 0 Å². The highest BCUT2D eigenvalue weighted by atomic mass is 127. The smallest absolute Gasteiger partial charge is 0.191 e. The first-order chi connectivity index (χ1) is 12.0. The lowest BCUT2D eigenvalue weighted by molar-refractivity contribution is 0.178. The van der Waals surface area contributed by atoms with E-state index in [1.54, 1.807) is 0 Å². The summed E-state index contributed by atoms with van der Waals surface area (Å²) < 4.78 is 0. The van der Waals surface area contributed by atoms with Crippen molar-refractivity contribution in [2.24, 2.45) is 16.8 Å². The van der Waals surface area contributed by atoms with Crippen LogP contribution in [0.1, 0.15) is 44.7 Å². The van der Waals surface area contributed by atoms with Crippen molar-refractivity contribution in [1.82, 2.24) is 15.5 Å². The lowest BCUT2D eigenvalue weighted by Gasteiger charge is -2.32. The Labute approximate surface area is 177 Å². The van der Waals surface area contributed by atoms with Crippen molar-refractivity contribution >= 4 is 29.9 Å². The van der Waals surface area contributed by atoms with Gasteiger partial charge in [0.05, 0.1) is 0 Å². The molecule has 1 saturated heterocycles. The number of hydrogen-bond acceptors (Lipinski definition) is 2. The molecule has 0 spiro atoms. The average molecular weight is 472 g/mol. The molecule has 0 radical (unpaired) electrons. The topological polar surface area (TPSA) is 39.7 Å². The van der Waals surface area contributed by atoms with E-state index < -0.39 is 0 Å². The van der Waals surface area contributed by atoms with Gasteiger partial charge < -0.3 is 10.6 Å². The van der Waals surface area contributed by atoms with Gasteiger partial charge in [0.1, 0.15) is 0 Å². The predicted octanol–water partition coefficient (Wildman–Crippen LogP) is 4.03. The van der Waals surface area contributed by atoms with Crippen molar-refractivity contribution in [3.8, 4) is 0 Å². The molecule has 26 heavy (non-hydrogen) atoms. The molecule has 1 aliphatic heterocycles. The lowest BCUT2D eigenvalue weighted by atomic mass is 9.96. The minimum absolute atomic E-state index is 0. The Morgan fingerprint density at radius 3 is 2.31 bits per heavy atom. The summed E-state index contributed by atoms with van der Waals surface area (Å²) in [6, 6.07) is 9.37. The zero-order valence-electron chi connectivity index (χ0n) is 17.1. The number of nitrogens with zero attached hydrogens (tertiary/aromatic N) is 2. The second-order valence-electron chi connectivity index (χ2n) is 7.84. The van der Waals surface area contributed by atoms with Gasteiger partial charge in [-0.1, -0.05) is 43.7 Å². The summed E-state index contributed by atoms with van der Waals surface area (Å²) in [5.41, 5.74) is 2.76. The minimum atomic E-state index is 0. The molecule has 4 nitrogen and oxygen atoms in total. The summed E-state index contributed by atoms with van der Waals surface area (Å²) in [6.45, 7) is 13.3. The zero-order valence-corrected chi connectivity index (χ0v) is 19.4. The van der Waals surface area contributed by atoms with Crippen LogP contribution in [0, 0.1) is 18.8 Å². The number of aliphatic imine (C=N–C) groups is 1. The fraction of sp³-hybridized carbons (Fsp3) is 0.667. The molecule has 0 aromatic heterocycles. The van der Waals surface area contributed by atoms with E-state index in [0.717, 1.165) is 25.0 Å². The van der Waals surface area contributed by atoms with Crippen LogP contribution in [0.5, 0.6) is 0 Å². The molecule has 2 rings (SSSR count). The second kappa shape index (κ2) is 11.8. The van der Waals surface area contributed by atoms with Gasteiger partial charge in [-0.2, -0.15) is 0 Å². The summed E-state index contributed by atoms with van der Waals surface area (Å²) in [7, 11) is 1.85. The number of guanidine groups is 1. The van der Waals surface area contributed by atoms with E-state index in [-0.39, 0.29) is 24.0 Å². The van der Waals surface area contributed by atoms with E-state index >= 15 is 0 Å². The van der Waals surface area contributed by atoms with Crippen LogP contribution in [0.2, 0.25) is 0 Å².